The van der Waals surface area contributed by atoms with Crippen LogP contribution in [0.2, 0.25) is 0 Å². The summed E-state index contributed by atoms with van der Waals surface area (Å²) in [6, 6.07) is 10.4. The summed E-state index contributed by atoms with van der Waals surface area (Å²) in [5.74, 6) is 0.501. The topological polar surface area (TPSA) is 50.6 Å². The molecule has 7 heteroatoms. The molecule has 0 N–H and O–H groups in total. The van der Waals surface area contributed by atoms with E-state index in [0.29, 0.717) is 29.1 Å². The zero-order chi connectivity index (χ0) is 17.1. The maximum Gasteiger partial charge on any atom is 0.275 e. The molecule has 3 rings (SSSR count). The van der Waals surface area contributed by atoms with Gasteiger partial charge in [-0.05, 0) is 21.5 Å². The third kappa shape index (κ3) is 3.47. The second-order valence-electron chi connectivity index (χ2n) is 5.85. The molecule has 24 heavy (non-hydrogen) atoms. The minimum Gasteiger partial charge on any atom is -0.480 e. The second-order valence-corrected chi connectivity index (χ2v) is 6.64. The first-order chi connectivity index (χ1) is 11.6. The number of hydrogen-bond donors (Lipinski definition) is 0. The van der Waals surface area contributed by atoms with Crippen molar-refractivity contribution in [3.05, 3.63) is 46.1 Å². The number of aromatic nitrogens is 2. The van der Waals surface area contributed by atoms with Gasteiger partial charge in [-0.3, -0.25) is 9.69 Å². The van der Waals surface area contributed by atoms with E-state index in [9.17, 15) is 4.79 Å². The Morgan fingerprint density at radius 3 is 2.46 bits per heavy atom. The van der Waals surface area contributed by atoms with E-state index < -0.39 is 0 Å². The van der Waals surface area contributed by atoms with Crippen molar-refractivity contribution < 1.29 is 9.53 Å². The van der Waals surface area contributed by atoms with Gasteiger partial charge in [-0.25, -0.2) is 4.68 Å². The highest BCUT2D eigenvalue weighted by Crippen LogP contribution is 2.28. The molecule has 0 bridgehead atoms. The summed E-state index contributed by atoms with van der Waals surface area (Å²) in [5.41, 5.74) is 1.71. The predicted molar refractivity (Wildman–Crippen MR) is 95.1 cm³/mol. The molecule has 2 heterocycles. The van der Waals surface area contributed by atoms with Gasteiger partial charge in [0.2, 0.25) is 5.88 Å². The predicted octanol–water partition coefficient (Wildman–Crippen LogP) is 2.15. The minimum absolute atomic E-state index is 0.0554. The van der Waals surface area contributed by atoms with Crippen LogP contribution in [0.5, 0.6) is 5.88 Å². The van der Waals surface area contributed by atoms with E-state index in [1.165, 1.54) is 5.56 Å². The van der Waals surface area contributed by atoms with E-state index in [1.54, 1.807) is 18.8 Å². The number of nitrogens with zero attached hydrogens (tertiary/aromatic N) is 4. The monoisotopic (exact) mass is 392 g/mol. The van der Waals surface area contributed by atoms with Crippen LogP contribution in [-0.2, 0) is 13.6 Å². The highest BCUT2D eigenvalue weighted by atomic mass is 79.9. The lowest BCUT2D eigenvalue weighted by Crippen LogP contribution is -2.48. The quantitative estimate of drug-likeness (QED) is 0.799. The fourth-order valence-corrected chi connectivity index (χ4v) is 3.61. The largest absolute Gasteiger partial charge is 0.480 e. The van der Waals surface area contributed by atoms with Crippen molar-refractivity contribution in [1.82, 2.24) is 19.6 Å². The molecule has 0 unspecified atom stereocenters. The molecular weight excluding hydrogens is 372 g/mol. The van der Waals surface area contributed by atoms with Gasteiger partial charge in [0.1, 0.15) is 4.47 Å². The maximum atomic E-state index is 12.7. The number of ether oxygens (including phenoxy) is 1. The first kappa shape index (κ1) is 17.0. The third-order valence-electron chi connectivity index (χ3n) is 4.24. The standard InChI is InChI=1S/C17H21BrN4O2/c1-20-17(24-2)14(18)15(19-20)16(23)22-10-8-21(9-11-22)12-13-6-4-3-5-7-13/h3-7H,8-12H2,1-2H3. The van der Waals surface area contributed by atoms with Gasteiger partial charge in [0.15, 0.2) is 5.69 Å². The van der Waals surface area contributed by atoms with Gasteiger partial charge in [-0.1, -0.05) is 30.3 Å². The van der Waals surface area contributed by atoms with Crippen LogP contribution in [0.25, 0.3) is 0 Å². The fourth-order valence-electron chi connectivity index (χ4n) is 2.94. The van der Waals surface area contributed by atoms with Crippen LogP contribution in [0, 0.1) is 0 Å². The van der Waals surface area contributed by atoms with E-state index >= 15 is 0 Å². The minimum atomic E-state index is -0.0554. The van der Waals surface area contributed by atoms with E-state index in [1.807, 2.05) is 11.0 Å². The van der Waals surface area contributed by atoms with Crippen molar-refractivity contribution in [3.8, 4) is 5.88 Å². The molecule has 1 aromatic carbocycles. The molecule has 0 radical (unpaired) electrons. The number of aryl methyl sites for hydroxylation is 1. The van der Waals surface area contributed by atoms with Gasteiger partial charge in [-0.2, -0.15) is 5.10 Å². The van der Waals surface area contributed by atoms with Crippen LogP contribution >= 0.6 is 15.9 Å². The van der Waals surface area contributed by atoms with Crippen molar-refractivity contribution in [3.63, 3.8) is 0 Å². The zero-order valence-corrected chi connectivity index (χ0v) is 15.5. The molecule has 0 aliphatic carbocycles. The molecule has 128 valence electrons. The fraction of sp³-hybridized carbons (Fsp3) is 0.412. The number of halogens is 1. The Kier molecular flexibility index (Phi) is 5.20. The summed E-state index contributed by atoms with van der Waals surface area (Å²) in [4.78, 5) is 16.9. The lowest BCUT2D eigenvalue weighted by Gasteiger charge is -2.34. The van der Waals surface area contributed by atoms with Crippen LogP contribution in [0.15, 0.2) is 34.8 Å². The number of amides is 1. The molecule has 1 fully saturated rings. The Morgan fingerprint density at radius 1 is 1.21 bits per heavy atom. The lowest BCUT2D eigenvalue weighted by atomic mass is 10.2. The Hall–Kier alpha value is -1.86. The average Bonchev–Trinajstić information content (AvgIpc) is 2.89. The molecule has 1 saturated heterocycles. The summed E-state index contributed by atoms with van der Waals surface area (Å²) >= 11 is 3.42. The first-order valence-corrected chi connectivity index (χ1v) is 8.71. The van der Waals surface area contributed by atoms with E-state index in [2.05, 4.69) is 50.2 Å². The third-order valence-corrected chi connectivity index (χ3v) is 4.96. The summed E-state index contributed by atoms with van der Waals surface area (Å²) in [6.45, 7) is 4.06. The average molecular weight is 393 g/mol. The molecule has 1 aliphatic heterocycles. The Balaban J connectivity index is 1.61. The van der Waals surface area contributed by atoms with Crippen molar-refractivity contribution in [2.45, 2.75) is 6.54 Å². The highest BCUT2D eigenvalue weighted by Gasteiger charge is 2.27. The van der Waals surface area contributed by atoms with Crippen LogP contribution < -0.4 is 4.74 Å². The number of carbonyl (C=O) groups excluding carboxylic acids is 1. The number of methoxy groups -OCH3 is 1. The molecule has 0 spiro atoms. The first-order valence-electron chi connectivity index (χ1n) is 7.92. The second kappa shape index (κ2) is 7.36. The number of hydrogen-bond acceptors (Lipinski definition) is 4. The summed E-state index contributed by atoms with van der Waals surface area (Å²) in [5, 5.41) is 4.28. The number of carbonyl (C=O) groups is 1. The van der Waals surface area contributed by atoms with Crippen LogP contribution in [0.1, 0.15) is 16.1 Å². The van der Waals surface area contributed by atoms with Crippen molar-refractivity contribution in [2.24, 2.45) is 7.05 Å². The Morgan fingerprint density at radius 2 is 1.88 bits per heavy atom. The zero-order valence-electron chi connectivity index (χ0n) is 13.9. The summed E-state index contributed by atoms with van der Waals surface area (Å²) in [7, 11) is 3.33. The van der Waals surface area contributed by atoms with Crippen LogP contribution in [0.3, 0.4) is 0 Å². The van der Waals surface area contributed by atoms with Gasteiger partial charge in [0.05, 0.1) is 7.11 Å². The van der Waals surface area contributed by atoms with Crippen molar-refractivity contribution in [2.75, 3.05) is 33.3 Å². The molecule has 6 nitrogen and oxygen atoms in total. The van der Waals surface area contributed by atoms with Crippen LogP contribution in [-0.4, -0.2) is 58.8 Å². The summed E-state index contributed by atoms with van der Waals surface area (Å²) < 4.78 is 7.44. The van der Waals surface area contributed by atoms with Crippen LogP contribution in [0.4, 0.5) is 0 Å². The molecule has 1 amide bonds. The summed E-state index contributed by atoms with van der Waals surface area (Å²) in [6.07, 6.45) is 0. The molecule has 0 saturated carbocycles. The number of benzene rings is 1. The number of piperazine rings is 1. The van der Waals surface area contributed by atoms with Gasteiger partial charge in [0.25, 0.3) is 5.91 Å². The maximum absolute atomic E-state index is 12.7. The van der Waals surface area contributed by atoms with Gasteiger partial charge in [0, 0.05) is 39.8 Å². The SMILES string of the molecule is COc1c(Br)c(C(=O)N2CCN(Cc3ccccc3)CC2)nn1C. The number of rotatable bonds is 4. The normalized spacial score (nSPS) is 15.5. The lowest BCUT2D eigenvalue weighted by molar-refractivity contribution is 0.0621. The molecular formula is C17H21BrN4O2. The molecule has 1 aliphatic rings. The highest BCUT2D eigenvalue weighted by molar-refractivity contribution is 9.10. The van der Waals surface area contributed by atoms with Gasteiger partial charge in [-0.15, -0.1) is 0 Å². The van der Waals surface area contributed by atoms with E-state index in [0.717, 1.165) is 19.6 Å². The molecule has 0 atom stereocenters. The smallest absolute Gasteiger partial charge is 0.275 e. The van der Waals surface area contributed by atoms with Crippen molar-refractivity contribution >= 4 is 21.8 Å². The van der Waals surface area contributed by atoms with Gasteiger partial charge < -0.3 is 9.64 Å². The molecule has 1 aromatic heterocycles. The molecule has 2 aromatic rings. The van der Waals surface area contributed by atoms with E-state index in [4.69, 9.17) is 4.74 Å². The Labute approximate surface area is 150 Å². The van der Waals surface area contributed by atoms with E-state index in [-0.39, 0.29) is 5.91 Å². The van der Waals surface area contributed by atoms with Crippen molar-refractivity contribution in [1.29, 1.82) is 0 Å². The Bertz CT molecular complexity index is 709. The van der Waals surface area contributed by atoms with Gasteiger partial charge >= 0.3 is 0 Å².